The highest BCUT2D eigenvalue weighted by molar-refractivity contribution is 6.31. The van der Waals surface area contributed by atoms with Crippen LogP contribution in [0.2, 0.25) is 5.02 Å². The fourth-order valence-electron chi connectivity index (χ4n) is 2.55. The molecule has 4 nitrogen and oxygen atoms in total. The van der Waals surface area contributed by atoms with Gasteiger partial charge in [0.05, 0.1) is 18.8 Å². The summed E-state index contributed by atoms with van der Waals surface area (Å²) in [6, 6.07) is 5.52. The van der Waals surface area contributed by atoms with Crippen molar-refractivity contribution in [3.8, 4) is 0 Å². The topological polar surface area (TPSA) is 41.6 Å². The quantitative estimate of drug-likeness (QED) is 0.932. The van der Waals surface area contributed by atoms with Crippen LogP contribution in [0.5, 0.6) is 0 Å². The number of morpholine rings is 1. The largest absolute Gasteiger partial charge is 0.373 e. The lowest BCUT2D eigenvalue weighted by Crippen LogP contribution is -2.48. The fraction of sp³-hybridized carbons (Fsp3) is 0.533. The van der Waals surface area contributed by atoms with Gasteiger partial charge in [0.2, 0.25) is 5.91 Å². The van der Waals surface area contributed by atoms with Crippen molar-refractivity contribution in [1.29, 1.82) is 0 Å². The van der Waals surface area contributed by atoms with Crippen LogP contribution in [-0.2, 0) is 9.53 Å². The van der Waals surface area contributed by atoms with Crippen molar-refractivity contribution in [2.24, 2.45) is 0 Å². The number of anilines is 1. The maximum atomic E-state index is 12.1. The van der Waals surface area contributed by atoms with Crippen molar-refractivity contribution in [3.05, 3.63) is 28.8 Å². The van der Waals surface area contributed by atoms with Gasteiger partial charge in [0.1, 0.15) is 0 Å². The number of amides is 1. The molecule has 20 heavy (non-hydrogen) atoms. The van der Waals surface area contributed by atoms with E-state index in [0.717, 1.165) is 24.3 Å². The first kappa shape index (κ1) is 15.3. The smallest absolute Gasteiger partial charge is 0.238 e. The minimum atomic E-state index is -0.0170. The molecule has 0 spiro atoms. The minimum Gasteiger partial charge on any atom is -0.373 e. The number of halogens is 1. The lowest BCUT2D eigenvalue weighted by Gasteiger charge is -2.34. The number of ether oxygens (including phenoxy) is 1. The Labute approximate surface area is 125 Å². The predicted molar refractivity (Wildman–Crippen MR) is 81.3 cm³/mol. The number of benzene rings is 1. The Kier molecular flexibility index (Phi) is 5.02. The third-order valence-electron chi connectivity index (χ3n) is 3.40. The van der Waals surface area contributed by atoms with Gasteiger partial charge in [-0.15, -0.1) is 0 Å². The van der Waals surface area contributed by atoms with E-state index >= 15 is 0 Å². The number of rotatable bonds is 3. The summed E-state index contributed by atoms with van der Waals surface area (Å²) in [6.07, 6.45) is 0.332. The second-order valence-electron chi connectivity index (χ2n) is 5.41. The van der Waals surface area contributed by atoms with Gasteiger partial charge in [-0.1, -0.05) is 17.7 Å². The van der Waals surface area contributed by atoms with Crippen LogP contribution in [0.15, 0.2) is 18.2 Å². The predicted octanol–water partition coefficient (Wildman–Crippen LogP) is 2.70. The molecule has 110 valence electrons. The molecule has 1 saturated heterocycles. The highest BCUT2D eigenvalue weighted by Gasteiger charge is 2.23. The molecular formula is C15H21ClN2O2. The van der Waals surface area contributed by atoms with Gasteiger partial charge in [0, 0.05) is 23.8 Å². The zero-order chi connectivity index (χ0) is 14.7. The molecule has 0 aromatic heterocycles. The molecule has 5 heteroatoms. The van der Waals surface area contributed by atoms with Crippen LogP contribution in [0, 0.1) is 6.92 Å². The van der Waals surface area contributed by atoms with Crippen LogP contribution in [0.1, 0.15) is 19.4 Å². The number of hydrogen-bond donors (Lipinski definition) is 1. The SMILES string of the molecule is Cc1c(Cl)cccc1NC(=O)CN1CC(C)OC(C)C1. The Bertz CT molecular complexity index is 483. The van der Waals surface area contributed by atoms with Gasteiger partial charge >= 0.3 is 0 Å². The lowest BCUT2D eigenvalue weighted by atomic mass is 10.2. The zero-order valence-corrected chi connectivity index (χ0v) is 12.9. The van der Waals surface area contributed by atoms with Gasteiger partial charge in [-0.25, -0.2) is 0 Å². The second-order valence-corrected chi connectivity index (χ2v) is 5.82. The van der Waals surface area contributed by atoms with E-state index in [1.807, 2.05) is 39.0 Å². The number of hydrogen-bond acceptors (Lipinski definition) is 3. The molecule has 2 atom stereocenters. The Balaban J connectivity index is 1.94. The molecule has 1 aliphatic rings. The van der Waals surface area contributed by atoms with Gasteiger partial charge in [-0.3, -0.25) is 9.69 Å². The maximum absolute atomic E-state index is 12.1. The molecule has 0 bridgehead atoms. The molecule has 1 aromatic rings. The van der Waals surface area contributed by atoms with Crippen LogP contribution in [0.3, 0.4) is 0 Å². The van der Waals surface area contributed by atoms with E-state index in [4.69, 9.17) is 16.3 Å². The van der Waals surface area contributed by atoms with Crippen molar-refractivity contribution in [2.45, 2.75) is 33.0 Å². The number of carbonyl (C=O) groups is 1. The Morgan fingerprint density at radius 3 is 2.70 bits per heavy atom. The minimum absolute atomic E-state index is 0.0170. The Morgan fingerprint density at radius 1 is 1.40 bits per heavy atom. The van der Waals surface area contributed by atoms with E-state index in [9.17, 15) is 4.79 Å². The molecule has 1 aliphatic heterocycles. The van der Waals surface area contributed by atoms with Crippen molar-refractivity contribution >= 4 is 23.2 Å². The van der Waals surface area contributed by atoms with E-state index in [2.05, 4.69) is 10.2 Å². The molecular weight excluding hydrogens is 276 g/mol. The molecule has 1 N–H and O–H groups in total. The summed E-state index contributed by atoms with van der Waals surface area (Å²) >= 11 is 6.05. The molecule has 1 amide bonds. The molecule has 0 radical (unpaired) electrons. The van der Waals surface area contributed by atoms with Crippen LogP contribution in [0.25, 0.3) is 0 Å². The molecule has 0 aliphatic carbocycles. The van der Waals surface area contributed by atoms with Crippen molar-refractivity contribution in [1.82, 2.24) is 4.90 Å². The summed E-state index contributed by atoms with van der Waals surface area (Å²) in [6.45, 7) is 7.91. The number of nitrogens with zero attached hydrogens (tertiary/aromatic N) is 1. The molecule has 2 unspecified atom stereocenters. The van der Waals surface area contributed by atoms with E-state index in [1.54, 1.807) is 0 Å². The summed E-state index contributed by atoms with van der Waals surface area (Å²) in [5.74, 6) is -0.0170. The first-order valence-corrected chi connectivity index (χ1v) is 7.26. The number of nitrogens with one attached hydrogen (secondary N) is 1. The van der Waals surface area contributed by atoms with Crippen LogP contribution in [0.4, 0.5) is 5.69 Å². The summed E-state index contributed by atoms with van der Waals surface area (Å²) in [5, 5.41) is 3.59. The van der Waals surface area contributed by atoms with E-state index in [-0.39, 0.29) is 18.1 Å². The highest BCUT2D eigenvalue weighted by Crippen LogP contribution is 2.22. The van der Waals surface area contributed by atoms with Gasteiger partial charge in [-0.05, 0) is 38.5 Å². The average Bonchev–Trinajstić information content (AvgIpc) is 2.33. The van der Waals surface area contributed by atoms with Crippen LogP contribution >= 0.6 is 11.6 Å². The van der Waals surface area contributed by atoms with E-state index in [1.165, 1.54) is 0 Å². The summed E-state index contributed by atoms with van der Waals surface area (Å²) in [5.41, 5.74) is 1.67. The highest BCUT2D eigenvalue weighted by atomic mass is 35.5. The molecule has 1 fully saturated rings. The standard InChI is InChI=1S/C15H21ClN2O2/c1-10-7-18(8-11(2)20-10)9-15(19)17-14-6-4-5-13(16)12(14)3/h4-6,10-11H,7-9H2,1-3H3,(H,17,19). The van der Waals surface area contributed by atoms with Crippen molar-refractivity contribution < 1.29 is 9.53 Å². The van der Waals surface area contributed by atoms with Gasteiger partial charge in [0.15, 0.2) is 0 Å². The van der Waals surface area contributed by atoms with Crippen LogP contribution < -0.4 is 5.32 Å². The van der Waals surface area contributed by atoms with Crippen LogP contribution in [-0.4, -0.2) is 42.6 Å². The first-order chi connectivity index (χ1) is 9.45. The summed E-state index contributed by atoms with van der Waals surface area (Å²) < 4.78 is 5.66. The lowest BCUT2D eigenvalue weighted by molar-refractivity contribution is -0.121. The van der Waals surface area contributed by atoms with Crippen molar-refractivity contribution in [2.75, 3.05) is 25.0 Å². The van der Waals surface area contributed by atoms with E-state index in [0.29, 0.717) is 11.6 Å². The monoisotopic (exact) mass is 296 g/mol. The Hall–Kier alpha value is -1.10. The first-order valence-electron chi connectivity index (χ1n) is 6.88. The molecule has 1 heterocycles. The molecule has 1 aromatic carbocycles. The second kappa shape index (κ2) is 6.57. The zero-order valence-electron chi connectivity index (χ0n) is 12.1. The van der Waals surface area contributed by atoms with Gasteiger partial charge in [0.25, 0.3) is 0 Å². The summed E-state index contributed by atoms with van der Waals surface area (Å²) in [7, 11) is 0. The summed E-state index contributed by atoms with van der Waals surface area (Å²) in [4.78, 5) is 14.2. The normalized spacial score (nSPS) is 23.6. The third kappa shape index (κ3) is 3.95. The van der Waals surface area contributed by atoms with E-state index < -0.39 is 0 Å². The van der Waals surface area contributed by atoms with Gasteiger partial charge in [-0.2, -0.15) is 0 Å². The number of carbonyl (C=O) groups excluding carboxylic acids is 1. The fourth-order valence-corrected chi connectivity index (χ4v) is 2.72. The maximum Gasteiger partial charge on any atom is 0.238 e. The molecule has 2 rings (SSSR count). The van der Waals surface area contributed by atoms with Gasteiger partial charge < -0.3 is 10.1 Å². The molecule has 0 saturated carbocycles. The average molecular weight is 297 g/mol. The Morgan fingerprint density at radius 2 is 2.05 bits per heavy atom. The third-order valence-corrected chi connectivity index (χ3v) is 3.81. The van der Waals surface area contributed by atoms with Crippen molar-refractivity contribution in [3.63, 3.8) is 0 Å².